The van der Waals surface area contributed by atoms with Crippen LogP contribution in [0.5, 0.6) is 0 Å². The van der Waals surface area contributed by atoms with Crippen molar-refractivity contribution in [3.8, 4) is 0 Å². The van der Waals surface area contributed by atoms with Gasteiger partial charge in [0.05, 0.1) is 40.9 Å². The molecule has 7 aromatic rings. The summed E-state index contributed by atoms with van der Waals surface area (Å²) in [7, 11) is 0. The smallest absolute Gasteiger partial charge is 0.270 e. The number of carbonyl (C=O) groups is 4. The van der Waals surface area contributed by atoms with Gasteiger partial charge in [0.1, 0.15) is 11.6 Å². The number of hydrogen-bond acceptors (Lipinski definition) is 4. The molecule has 15 heteroatoms. The fraction of sp³-hybridized carbons (Fsp3) is 0.100. The average Bonchev–Trinajstić information content (AvgIpc) is 3.10. The van der Waals surface area contributed by atoms with Crippen LogP contribution >= 0.6 is 46.4 Å². The second-order valence-corrected chi connectivity index (χ2v) is 15.1. The maximum Gasteiger partial charge on any atom is 0.416 e. The molecule has 6 nitrogen and oxygen atoms in total. The molecule has 0 fully saturated rings. The van der Waals surface area contributed by atoms with Gasteiger partial charge in [-0.05, 0) is 78.2 Å². The Hall–Kier alpha value is -5.07. The number of hydrogen-bond donors (Lipinski definition) is 0. The van der Waals surface area contributed by atoms with Crippen LogP contribution in [0.3, 0.4) is 0 Å². The van der Waals surface area contributed by atoms with Crippen LogP contribution in [0.1, 0.15) is 63.7 Å². The van der Waals surface area contributed by atoms with Gasteiger partial charge >= 0.3 is 6.18 Å². The van der Waals surface area contributed by atoms with Crippen LogP contribution in [0.15, 0.2) is 60.7 Å². The molecule has 2 heterocycles. The first kappa shape index (κ1) is 35.6. The van der Waals surface area contributed by atoms with Gasteiger partial charge in [0, 0.05) is 63.2 Å². The van der Waals surface area contributed by atoms with Crippen molar-refractivity contribution >= 4 is 113 Å². The van der Waals surface area contributed by atoms with Gasteiger partial charge in [0.2, 0.25) is 0 Å². The zero-order valence-electron chi connectivity index (χ0n) is 27.6. The topological polar surface area (TPSA) is 74.8 Å². The lowest BCUT2D eigenvalue weighted by Crippen LogP contribution is -2.40. The molecule has 274 valence electrons. The SMILES string of the molecule is Cc1cc(F)cc(CN2C(=O)c3cc(Cl)c4c5c(Cl)cc6c7c(cc(Cl)c(c8c(Cl)cc(c3c48)C2=O)c75)C(=O)N(Cc2cc(F)cc(C(F)(F)F)c2)C6=O)c1. The molecular weight excluding hydrogens is 809 g/mol. The fourth-order valence-corrected chi connectivity index (χ4v) is 9.21. The average molecular weight is 826 g/mol. The number of alkyl halides is 3. The molecule has 2 aliphatic rings. The van der Waals surface area contributed by atoms with E-state index >= 15 is 0 Å². The van der Waals surface area contributed by atoms with E-state index in [-0.39, 0.29) is 97.5 Å². The number of carbonyl (C=O) groups excluding carboxylic acids is 4. The molecule has 4 amide bonds. The minimum Gasteiger partial charge on any atom is -0.270 e. The third-order valence-corrected chi connectivity index (χ3v) is 11.3. The number of imide groups is 2. The Bertz CT molecular complexity index is 2850. The second kappa shape index (κ2) is 12.0. The molecule has 9 rings (SSSR count). The third kappa shape index (κ3) is 5.13. The molecule has 0 spiro atoms. The summed E-state index contributed by atoms with van der Waals surface area (Å²) in [6.07, 6.45) is -4.89. The van der Waals surface area contributed by atoms with Crippen molar-refractivity contribution in [3.05, 3.63) is 137 Å². The highest BCUT2D eigenvalue weighted by Crippen LogP contribution is 2.54. The molecule has 0 radical (unpaired) electrons. The number of amides is 4. The Labute approximate surface area is 325 Å². The summed E-state index contributed by atoms with van der Waals surface area (Å²) < 4.78 is 69.1. The lowest BCUT2D eigenvalue weighted by molar-refractivity contribution is -0.137. The quantitative estimate of drug-likeness (QED) is 0.0767. The summed E-state index contributed by atoms with van der Waals surface area (Å²) in [6, 6.07) is 11.3. The highest BCUT2D eigenvalue weighted by Gasteiger charge is 2.40. The zero-order valence-corrected chi connectivity index (χ0v) is 30.6. The van der Waals surface area contributed by atoms with E-state index in [0.717, 1.165) is 11.0 Å². The number of rotatable bonds is 4. The molecule has 0 aliphatic carbocycles. The predicted octanol–water partition coefficient (Wildman–Crippen LogP) is 11.5. The molecule has 0 saturated heterocycles. The number of nitrogens with zero attached hydrogens (tertiary/aromatic N) is 2. The Balaban J connectivity index is 1.28. The van der Waals surface area contributed by atoms with E-state index in [2.05, 4.69) is 0 Å². The summed E-state index contributed by atoms with van der Waals surface area (Å²) >= 11 is 27.9. The molecular formula is C40H17Cl4F5N2O4. The van der Waals surface area contributed by atoms with E-state index in [1.807, 2.05) is 0 Å². The van der Waals surface area contributed by atoms with Crippen LogP contribution in [0, 0.1) is 18.6 Å². The first-order chi connectivity index (χ1) is 25.9. The Morgan fingerprint density at radius 3 is 1.16 bits per heavy atom. The van der Waals surface area contributed by atoms with Crippen LogP contribution < -0.4 is 0 Å². The Morgan fingerprint density at radius 2 is 0.818 bits per heavy atom. The van der Waals surface area contributed by atoms with E-state index < -0.39 is 53.5 Å². The predicted molar refractivity (Wildman–Crippen MR) is 199 cm³/mol. The van der Waals surface area contributed by atoms with Gasteiger partial charge in [-0.1, -0.05) is 52.5 Å². The van der Waals surface area contributed by atoms with Crippen molar-refractivity contribution in [1.82, 2.24) is 9.80 Å². The van der Waals surface area contributed by atoms with Gasteiger partial charge in [-0.3, -0.25) is 29.0 Å². The van der Waals surface area contributed by atoms with Gasteiger partial charge in [0.25, 0.3) is 23.6 Å². The Kier molecular flexibility index (Phi) is 7.75. The summed E-state index contributed by atoms with van der Waals surface area (Å²) in [5.74, 6) is -4.99. The van der Waals surface area contributed by atoms with E-state index in [1.54, 1.807) is 13.0 Å². The van der Waals surface area contributed by atoms with Crippen molar-refractivity contribution in [2.45, 2.75) is 26.2 Å². The largest absolute Gasteiger partial charge is 0.416 e. The van der Waals surface area contributed by atoms with E-state index in [4.69, 9.17) is 46.4 Å². The lowest BCUT2D eigenvalue weighted by atomic mass is 9.82. The first-order valence-electron chi connectivity index (χ1n) is 16.3. The lowest BCUT2D eigenvalue weighted by Gasteiger charge is -2.31. The summed E-state index contributed by atoms with van der Waals surface area (Å²) in [6.45, 7) is 0.724. The number of fused-ring (bicyclic) bond motifs is 2. The summed E-state index contributed by atoms with van der Waals surface area (Å²) in [4.78, 5) is 58.0. The first-order valence-corrected chi connectivity index (χ1v) is 17.8. The molecule has 0 atom stereocenters. The van der Waals surface area contributed by atoms with E-state index in [1.165, 1.54) is 36.4 Å². The molecule has 0 N–H and O–H groups in total. The molecule has 55 heavy (non-hydrogen) atoms. The van der Waals surface area contributed by atoms with Gasteiger partial charge in [-0.15, -0.1) is 0 Å². The molecule has 2 aliphatic heterocycles. The zero-order chi connectivity index (χ0) is 39.2. The molecule has 0 saturated carbocycles. The van der Waals surface area contributed by atoms with Gasteiger partial charge in [-0.2, -0.15) is 13.2 Å². The van der Waals surface area contributed by atoms with Crippen molar-refractivity contribution < 1.29 is 41.1 Å². The Morgan fingerprint density at radius 1 is 0.473 bits per heavy atom. The molecule has 7 aromatic carbocycles. The molecule has 0 unspecified atom stereocenters. The van der Waals surface area contributed by atoms with E-state index in [0.29, 0.717) is 28.2 Å². The maximum absolute atomic E-state index is 14.3. The number of benzene rings is 7. The molecule has 0 bridgehead atoms. The minimum absolute atomic E-state index is 0.00672. The maximum atomic E-state index is 14.3. The van der Waals surface area contributed by atoms with Crippen molar-refractivity contribution in [2.75, 3.05) is 0 Å². The monoisotopic (exact) mass is 824 g/mol. The van der Waals surface area contributed by atoms with Crippen LogP contribution in [-0.4, -0.2) is 33.4 Å². The van der Waals surface area contributed by atoms with Crippen molar-refractivity contribution in [2.24, 2.45) is 0 Å². The van der Waals surface area contributed by atoms with Gasteiger partial charge in [0.15, 0.2) is 0 Å². The minimum atomic E-state index is -4.89. The standard InChI is InChI=1S/C40H17Cl4F5N2O4/c1-14-2-15(5-18(45)3-14)12-50-36(52)20-8-24(41)30-32-26(43)10-22-29-23(39(55)51(38(22)54)13-16-4-17(40(47,48)49)7-19(46)6-16)11-27(44)33(35(29)32)31-25(42)9-21(37(50)53)28(20)34(30)31/h2-11H,12-13H2,1H3. The van der Waals surface area contributed by atoms with Gasteiger partial charge < -0.3 is 0 Å². The van der Waals surface area contributed by atoms with E-state index in [9.17, 15) is 41.1 Å². The third-order valence-electron chi connectivity index (χ3n) is 10.1. The highest BCUT2D eigenvalue weighted by molar-refractivity contribution is 6.56. The molecule has 0 aromatic heterocycles. The normalized spacial score (nSPS) is 14.6. The summed E-state index contributed by atoms with van der Waals surface area (Å²) in [5.41, 5.74) is -0.711. The van der Waals surface area contributed by atoms with Crippen LogP contribution in [0.4, 0.5) is 22.0 Å². The number of aryl methyl sites for hydroxylation is 1. The van der Waals surface area contributed by atoms with Gasteiger partial charge in [-0.25, -0.2) is 8.78 Å². The summed E-state index contributed by atoms with van der Waals surface area (Å²) in [5, 5.41) is 1.65. The highest BCUT2D eigenvalue weighted by atomic mass is 35.5. The number of halogens is 9. The van der Waals surface area contributed by atoms with Crippen LogP contribution in [0.25, 0.3) is 43.1 Å². The van der Waals surface area contributed by atoms with Crippen LogP contribution in [-0.2, 0) is 19.3 Å². The van der Waals surface area contributed by atoms with Crippen molar-refractivity contribution in [3.63, 3.8) is 0 Å². The fourth-order valence-electron chi connectivity index (χ4n) is 8.02. The van der Waals surface area contributed by atoms with Crippen molar-refractivity contribution in [1.29, 1.82) is 0 Å². The second-order valence-electron chi connectivity index (χ2n) is 13.5. The van der Waals surface area contributed by atoms with Crippen LogP contribution in [0.2, 0.25) is 20.1 Å².